The van der Waals surface area contributed by atoms with Gasteiger partial charge in [0.2, 0.25) is 0 Å². The number of hydrogen-bond acceptors (Lipinski definition) is 3. The number of pyridine rings is 1. The van der Waals surface area contributed by atoms with Crippen molar-refractivity contribution < 1.29 is 0 Å². The van der Waals surface area contributed by atoms with E-state index in [1.807, 2.05) is 31.5 Å². The van der Waals surface area contributed by atoms with Gasteiger partial charge in [0, 0.05) is 6.20 Å². The predicted octanol–water partition coefficient (Wildman–Crippen LogP) is 3.96. The van der Waals surface area contributed by atoms with E-state index in [1.165, 1.54) is 0 Å². The van der Waals surface area contributed by atoms with Crippen LogP contribution in [0.25, 0.3) is 21.9 Å². The lowest BCUT2D eigenvalue weighted by atomic mass is 10.3. The van der Waals surface area contributed by atoms with Gasteiger partial charge in [0.15, 0.2) is 11.5 Å². The molecule has 0 bridgehead atoms. The fraction of sp³-hybridized carbons (Fsp3) is 0.167. The van der Waals surface area contributed by atoms with Crippen LogP contribution in [-0.4, -0.2) is 15.0 Å². The molecule has 0 radical (unpaired) electrons. The summed E-state index contributed by atoms with van der Waals surface area (Å²) in [7, 11) is 0. The summed E-state index contributed by atoms with van der Waals surface area (Å²) in [6, 6.07) is 2.03. The topological polar surface area (TPSA) is 41.6 Å². The second kappa shape index (κ2) is 3.82. The van der Waals surface area contributed by atoms with Gasteiger partial charge in [-0.2, -0.15) is 0 Å². The van der Waals surface area contributed by atoms with E-state index in [-0.39, 0.29) is 0 Å². The molecular weight excluding hydrogens is 254 g/mol. The number of thiophene rings is 1. The average molecular weight is 264 g/mol. The third-order valence-corrected chi connectivity index (χ3v) is 4.29. The van der Waals surface area contributed by atoms with Gasteiger partial charge < -0.3 is 4.98 Å². The molecule has 0 aliphatic heterocycles. The third-order valence-electron chi connectivity index (χ3n) is 2.59. The summed E-state index contributed by atoms with van der Waals surface area (Å²) in [6.45, 7) is 4.00. The van der Waals surface area contributed by atoms with Crippen molar-refractivity contribution in [3.8, 4) is 10.7 Å². The summed E-state index contributed by atoms with van der Waals surface area (Å²) >= 11 is 7.83. The zero-order chi connectivity index (χ0) is 12.0. The van der Waals surface area contributed by atoms with Crippen molar-refractivity contribution in [2.45, 2.75) is 13.8 Å². The molecule has 0 saturated carbocycles. The first-order valence-electron chi connectivity index (χ1n) is 5.21. The summed E-state index contributed by atoms with van der Waals surface area (Å²) < 4.78 is 0. The van der Waals surface area contributed by atoms with E-state index in [4.69, 9.17) is 11.6 Å². The highest BCUT2D eigenvalue weighted by molar-refractivity contribution is 7.14. The lowest BCUT2D eigenvalue weighted by molar-refractivity contribution is 1.29. The largest absolute Gasteiger partial charge is 0.336 e. The molecule has 5 heteroatoms. The molecule has 0 unspecified atom stereocenters. The van der Waals surface area contributed by atoms with Crippen molar-refractivity contribution in [1.82, 2.24) is 15.0 Å². The van der Waals surface area contributed by atoms with Gasteiger partial charge in [0.25, 0.3) is 0 Å². The molecule has 0 aromatic carbocycles. The van der Waals surface area contributed by atoms with Crippen molar-refractivity contribution in [2.75, 3.05) is 0 Å². The number of fused-ring (bicyclic) bond motifs is 1. The van der Waals surface area contributed by atoms with E-state index in [9.17, 15) is 0 Å². The number of aryl methyl sites for hydroxylation is 2. The minimum Gasteiger partial charge on any atom is -0.336 e. The summed E-state index contributed by atoms with van der Waals surface area (Å²) in [6.07, 6.45) is 1.81. The average Bonchev–Trinajstić information content (AvgIpc) is 2.83. The molecule has 3 rings (SSSR count). The van der Waals surface area contributed by atoms with E-state index < -0.39 is 0 Å². The Labute approximate surface area is 107 Å². The van der Waals surface area contributed by atoms with Crippen LogP contribution in [0.2, 0.25) is 5.02 Å². The Kier molecular flexibility index (Phi) is 2.42. The Hall–Kier alpha value is -1.39. The fourth-order valence-electron chi connectivity index (χ4n) is 1.70. The molecule has 0 aliphatic rings. The summed E-state index contributed by atoms with van der Waals surface area (Å²) in [4.78, 5) is 13.0. The van der Waals surface area contributed by atoms with Crippen LogP contribution >= 0.6 is 22.9 Å². The molecule has 0 fully saturated rings. The maximum Gasteiger partial charge on any atom is 0.178 e. The minimum atomic E-state index is 0.729. The van der Waals surface area contributed by atoms with E-state index in [0.717, 1.165) is 38.0 Å². The van der Waals surface area contributed by atoms with Crippen LogP contribution in [-0.2, 0) is 0 Å². The molecule has 86 valence electrons. The molecule has 0 atom stereocenters. The number of aromatic amines is 1. The van der Waals surface area contributed by atoms with Crippen LogP contribution in [0.15, 0.2) is 17.6 Å². The lowest BCUT2D eigenvalue weighted by Crippen LogP contribution is -1.78. The number of halogens is 1. The minimum absolute atomic E-state index is 0.729. The van der Waals surface area contributed by atoms with Gasteiger partial charge in [0.05, 0.1) is 15.4 Å². The van der Waals surface area contributed by atoms with Crippen molar-refractivity contribution in [3.05, 3.63) is 33.8 Å². The van der Waals surface area contributed by atoms with Crippen LogP contribution in [0.3, 0.4) is 0 Å². The van der Waals surface area contributed by atoms with Crippen LogP contribution in [0.1, 0.15) is 11.1 Å². The maximum absolute atomic E-state index is 6.23. The zero-order valence-corrected chi connectivity index (χ0v) is 11.0. The highest BCUT2D eigenvalue weighted by atomic mass is 35.5. The number of nitrogens with one attached hydrogen (secondary N) is 1. The molecular formula is C12H10ClN3S. The Bertz CT molecular complexity index is 699. The predicted molar refractivity (Wildman–Crippen MR) is 71.7 cm³/mol. The van der Waals surface area contributed by atoms with Crippen molar-refractivity contribution in [1.29, 1.82) is 0 Å². The smallest absolute Gasteiger partial charge is 0.178 e. The highest BCUT2D eigenvalue weighted by Gasteiger charge is 2.13. The molecule has 3 aromatic rings. The second-order valence-corrected chi connectivity index (χ2v) is 5.29. The number of aromatic nitrogens is 3. The quantitative estimate of drug-likeness (QED) is 0.722. The number of nitrogens with zero attached hydrogens (tertiary/aromatic N) is 2. The molecule has 0 aliphatic carbocycles. The van der Waals surface area contributed by atoms with E-state index in [2.05, 4.69) is 15.0 Å². The molecule has 1 N–H and O–H groups in total. The standard InChI is InChI=1S/C12H10ClN3S/c1-6-3-8-11(14-4-6)16-12(15-8)10-9(13)7(2)5-17-10/h3-5H,1-2H3,(H,14,15,16). The Morgan fingerprint density at radius 2 is 2.18 bits per heavy atom. The van der Waals surface area contributed by atoms with Crippen LogP contribution in [0, 0.1) is 13.8 Å². The van der Waals surface area contributed by atoms with Gasteiger partial charge in [-0.1, -0.05) is 11.6 Å². The zero-order valence-electron chi connectivity index (χ0n) is 9.41. The van der Waals surface area contributed by atoms with Gasteiger partial charge >= 0.3 is 0 Å². The highest BCUT2D eigenvalue weighted by Crippen LogP contribution is 2.35. The summed E-state index contributed by atoms with van der Waals surface area (Å²) in [5, 5.41) is 2.80. The molecule has 0 amide bonds. The molecule has 0 spiro atoms. The lowest BCUT2D eigenvalue weighted by Gasteiger charge is -1.92. The number of rotatable bonds is 1. The van der Waals surface area contributed by atoms with Crippen molar-refractivity contribution >= 4 is 34.1 Å². The first kappa shape index (κ1) is 10.7. The van der Waals surface area contributed by atoms with Gasteiger partial charge in [-0.25, -0.2) is 9.97 Å². The van der Waals surface area contributed by atoms with Crippen LogP contribution in [0.4, 0.5) is 0 Å². The molecule has 3 nitrogen and oxygen atoms in total. The normalized spacial score (nSPS) is 11.2. The molecule has 3 aromatic heterocycles. The monoisotopic (exact) mass is 263 g/mol. The van der Waals surface area contributed by atoms with Gasteiger partial charge in [-0.15, -0.1) is 11.3 Å². The van der Waals surface area contributed by atoms with E-state index >= 15 is 0 Å². The third kappa shape index (κ3) is 1.73. The number of imidazole rings is 1. The second-order valence-electron chi connectivity index (χ2n) is 4.03. The van der Waals surface area contributed by atoms with Gasteiger partial charge in [-0.05, 0) is 36.4 Å². The summed E-state index contributed by atoms with van der Waals surface area (Å²) in [5.74, 6) is 0.793. The maximum atomic E-state index is 6.23. The van der Waals surface area contributed by atoms with Gasteiger partial charge in [0.1, 0.15) is 0 Å². The van der Waals surface area contributed by atoms with E-state index in [1.54, 1.807) is 11.3 Å². The number of H-pyrrole nitrogens is 1. The van der Waals surface area contributed by atoms with Crippen molar-refractivity contribution in [3.63, 3.8) is 0 Å². The van der Waals surface area contributed by atoms with Gasteiger partial charge in [-0.3, -0.25) is 0 Å². The Balaban J connectivity index is 2.21. The van der Waals surface area contributed by atoms with Crippen LogP contribution in [0.5, 0.6) is 0 Å². The Morgan fingerprint density at radius 1 is 1.35 bits per heavy atom. The SMILES string of the molecule is Cc1cnc2nc(-c3scc(C)c3Cl)[nH]c2c1. The van der Waals surface area contributed by atoms with E-state index in [0.29, 0.717) is 0 Å². The Morgan fingerprint density at radius 3 is 2.88 bits per heavy atom. The van der Waals surface area contributed by atoms with Crippen LogP contribution < -0.4 is 0 Å². The molecule has 0 saturated heterocycles. The first-order valence-corrected chi connectivity index (χ1v) is 6.47. The fourth-order valence-corrected chi connectivity index (χ4v) is 2.93. The van der Waals surface area contributed by atoms with Crippen molar-refractivity contribution in [2.24, 2.45) is 0 Å². The first-order chi connectivity index (χ1) is 8.15. The summed E-state index contributed by atoms with van der Waals surface area (Å²) in [5.41, 5.74) is 3.87. The molecule has 17 heavy (non-hydrogen) atoms. The number of hydrogen-bond donors (Lipinski definition) is 1. The molecule has 3 heterocycles.